The van der Waals surface area contributed by atoms with Crippen LogP contribution in [-0.2, 0) is 0 Å². The summed E-state index contributed by atoms with van der Waals surface area (Å²) < 4.78 is 0. The predicted molar refractivity (Wildman–Crippen MR) is 80.9 cm³/mol. The Balaban J connectivity index is 2.49. The van der Waals surface area contributed by atoms with Crippen molar-refractivity contribution in [3.8, 4) is 6.07 Å². The molecule has 0 spiro atoms. The first-order valence-electron chi connectivity index (χ1n) is 7.89. The fraction of sp³-hybridized carbons (Fsp3) is 0.938. The molecule has 0 aliphatic heterocycles. The van der Waals surface area contributed by atoms with Gasteiger partial charge in [0.15, 0.2) is 0 Å². The van der Waals surface area contributed by atoms with Crippen molar-refractivity contribution in [2.75, 3.05) is 26.7 Å². The molecule has 1 saturated carbocycles. The van der Waals surface area contributed by atoms with Gasteiger partial charge in [0.25, 0.3) is 0 Å². The Morgan fingerprint density at radius 2 is 2.21 bits per heavy atom. The van der Waals surface area contributed by atoms with E-state index in [-0.39, 0.29) is 5.54 Å². The lowest BCUT2D eigenvalue weighted by molar-refractivity contribution is 0.236. The molecular formula is C16H31N3. The molecule has 1 rings (SSSR count). The van der Waals surface area contributed by atoms with E-state index in [4.69, 9.17) is 0 Å². The molecule has 1 aliphatic carbocycles. The van der Waals surface area contributed by atoms with Crippen molar-refractivity contribution < 1.29 is 0 Å². The van der Waals surface area contributed by atoms with Gasteiger partial charge in [-0.2, -0.15) is 5.26 Å². The van der Waals surface area contributed by atoms with Crippen molar-refractivity contribution in [3.63, 3.8) is 0 Å². The highest BCUT2D eigenvalue weighted by Crippen LogP contribution is 2.37. The number of nitriles is 1. The van der Waals surface area contributed by atoms with Crippen LogP contribution in [0.4, 0.5) is 0 Å². The van der Waals surface area contributed by atoms with Crippen LogP contribution in [0.15, 0.2) is 0 Å². The van der Waals surface area contributed by atoms with E-state index in [0.717, 1.165) is 38.9 Å². The van der Waals surface area contributed by atoms with Gasteiger partial charge in [-0.25, -0.2) is 0 Å². The summed E-state index contributed by atoms with van der Waals surface area (Å²) in [4.78, 5) is 2.41. The second-order valence-electron chi connectivity index (χ2n) is 6.54. The Morgan fingerprint density at radius 3 is 2.79 bits per heavy atom. The van der Waals surface area contributed by atoms with Crippen LogP contribution in [0.5, 0.6) is 0 Å². The molecule has 3 heteroatoms. The molecule has 1 fully saturated rings. The summed E-state index contributed by atoms with van der Waals surface area (Å²) in [6.45, 7) is 9.90. The third-order valence-electron chi connectivity index (χ3n) is 4.25. The number of hydrogen-bond acceptors (Lipinski definition) is 3. The topological polar surface area (TPSA) is 39.1 Å². The molecule has 0 radical (unpaired) electrons. The van der Waals surface area contributed by atoms with E-state index in [1.807, 2.05) is 0 Å². The number of nitrogens with zero attached hydrogens (tertiary/aromatic N) is 2. The molecule has 19 heavy (non-hydrogen) atoms. The molecular weight excluding hydrogens is 234 g/mol. The molecule has 2 atom stereocenters. The average Bonchev–Trinajstić information content (AvgIpc) is 2.76. The van der Waals surface area contributed by atoms with E-state index in [1.165, 1.54) is 12.8 Å². The molecule has 0 amide bonds. The van der Waals surface area contributed by atoms with E-state index in [9.17, 15) is 5.26 Å². The van der Waals surface area contributed by atoms with Gasteiger partial charge >= 0.3 is 0 Å². The van der Waals surface area contributed by atoms with Crippen molar-refractivity contribution in [2.45, 2.75) is 58.4 Å². The SMILES string of the molecule is CCCNC1(C#N)CCCC1CCN(C)CC(C)C. The Hall–Kier alpha value is -0.590. The van der Waals surface area contributed by atoms with Gasteiger partial charge in [-0.3, -0.25) is 5.32 Å². The highest BCUT2D eigenvalue weighted by Gasteiger charge is 2.42. The van der Waals surface area contributed by atoms with Crippen LogP contribution in [0.25, 0.3) is 0 Å². The number of nitrogens with one attached hydrogen (secondary N) is 1. The number of hydrogen-bond donors (Lipinski definition) is 1. The van der Waals surface area contributed by atoms with Crippen LogP contribution >= 0.6 is 0 Å². The highest BCUT2D eigenvalue weighted by atomic mass is 15.1. The zero-order valence-corrected chi connectivity index (χ0v) is 13.2. The van der Waals surface area contributed by atoms with Crippen molar-refractivity contribution >= 4 is 0 Å². The quantitative estimate of drug-likeness (QED) is 0.733. The maximum atomic E-state index is 9.60. The normalized spacial score (nSPS) is 27.1. The number of rotatable bonds is 8. The molecule has 3 nitrogen and oxygen atoms in total. The monoisotopic (exact) mass is 265 g/mol. The Bertz CT molecular complexity index is 295. The fourth-order valence-corrected chi connectivity index (χ4v) is 3.33. The lowest BCUT2D eigenvalue weighted by atomic mass is 9.85. The minimum absolute atomic E-state index is 0.241. The van der Waals surface area contributed by atoms with E-state index in [0.29, 0.717) is 11.8 Å². The summed E-state index contributed by atoms with van der Waals surface area (Å²) in [5, 5.41) is 13.1. The van der Waals surface area contributed by atoms with Crippen molar-refractivity contribution in [1.29, 1.82) is 5.26 Å². The fourth-order valence-electron chi connectivity index (χ4n) is 3.33. The first-order valence-corrected chi connectivity index (χ1v) is 7.89. The molecule has 0 aromatic heterocycles. The summed E-state index contributed by atoms with van der Waals surface area (Å²) >= 11 is 0. The molecule has 2 unspecified atom stereocenters. The maximum Gasteiger partial charge on any atom is 0.109 e. The van der Waals surface area contributed by atoms with E-state index < -0.39 is 0 Å². The third-order valence-corrected chi connectivity index (χ3v) is 4.25. The molecule has 0 aromatic rings. The first-order chi connectivity index (χ1) is 9.04. The molecule has 0 saturated heterocycles. The highest BCUT2D eigenvalue weighted by molar-refractivity contribution is 5.14. The minimum Gasteiger partial charge on any atom is -0.306 e. The lowest BCUT2D eigenvalue weighted by Crippen LogP contribution is -2.48. The maximum absolute atomic E-state index is 9.60. The van der Waals surface area contributed by atoms with Gasteiger partial charge in [-0.05, 0) is 57.7 Å². The van der Waals surface area contributed by atoms with Gasteiger partial charge in [0, 0.05) is 6.54 Å². The van der Waals surface area contributed by atoms with Gasteiger partial charge in [-0.1, -0.05) is 27.2 Å². The van der Waals surface area contributed by atoms with Gasteiger partial charge in [0.05, 0.1) is 6.07 Å². The Labute approximate surface area is 119 Å². The average molecular weight is 265 g/mol. The molecule has 0 bridgehead atoms. The first kappa shape index (κ1) is 16.5. The summed E-state index contributed by atoms with van der Waals surface area (Å²) in [6, 6.07) is 2.60. The molecule has 1 aliphatic rings. The summed E-state index contributed by atoms with van der Waals surface area (Å²) in [6.07, 6.45) is 5.68. The van der Waals surface area contributed by atoms with Gasteiger partial charge in [-0.15, -0.1) is 0 Å². The predicted octanol–water partition coefficient (Wildman–Crippen LogP) is 3.03. The lowest BCUT2D eigenvalue weighted by Gasteiger charge is -2.31. The van der Waals surface area contributed by atoms with Crippen LogP contribution < -0.4 is 5.32 Å². The van der Waals surface area contributed by atoms with Crippen molar-refractivity contribution in [1.82, 2.24) is 10.2 Å². The van der Waals surface area contributed by atoms with Crippen LogP contribution in [0.2, 0.25) is 0 Å². The molecule has 0 heterocycles. The van der Waals surface area contributed by atoms with Gasteiger partial charge in [0.1, 0.15) is 5.54 Å². The largest absolute Gasteiger partial charge is 0.306 e. The van der Waals surface area contributed by atoms with E-state index >= 15 is 0 Å². The van der Waals surface area contributed by atoms with Crippen LogP contribution in [0, 0.1) is 23.2 Å². The standard InChI is InChI=1S/C16H31N3/c1-5-10-18-16(13-17)9-6-7-15(16)8-11-19(4)12-14(2)3/h14-15,18H,5-12H2,1-4H3. The summed E-state index contributed by atoms with van der Waals surface area (Å²) in [5.74, 6) is 1.24. The minimum atomic E-state index is -0.241. The second kappa shape index (κ2) is 7.87. The zero-order valence-electron chi connectivity index (χ0n) is 13.2. The molecule has 1 N–H and O–H groups in total. The van der Waals surface area contributed by atoms with Crippen LogP contribution in [-0.4, -0.2) is 37.1 Å². The molecule has 110 valence electrons. The van der Waals surface area contributed by atoms with E-state index in [2.05, 4.69) is 44.1 Å². The van der Waals surface area contributed by atoms with Gasteiger partial charge < -0.3 is 4.90 Å². The van der Waals surface area contributed by atoms with Gasteiger partial charge in [0.2, 0.25) is 0 Å². The Kier molecular flexibility index (Phi) is 6.82. The summed E-state index contributed by atoms with van der Waals surface area (Å²) in [7, 11) is 2.20. The van der Waals surface area contributed by atoms with Crippen molar-refractivity contribution in [3.05, 3.63) is 0 Å². The smallest absolute Gasteiger partial charge is 0.109 e. The summed E-state index contributed by atoms with van der Waals surface area (Å²) in [5.41, 5.74) is -0.241. The third kappa shape index (κ3) is 4.78. The Morgan fingerprint density at radius 1 is 1.47 bits per heavy atom. The second-order valence-corrected chi connectivity index (χ2v) is 6.54. The van der Waals surface area contributed by atoms with Crippen LogP contribution in [0.1, 0.15) is 52.9 Å². The van der Waals surface area contributed by atoms with E-state index in [1.54, 1.807) is 0 Å². The van der Waals surface area contributed by atoms with Crippen LogP contribution in [0.3, 0.4) is 0 Å². The zero-order chi connectivity index (χ0) is 14.3. The van der Waals surface area contributed by atoms with Crippen molar-refractivity contribution in [2.24, 2.45) is 11.8 Å². The molecule has 0 aromatic carbocycles.